The number of aryl methyl sites for hydroxylation is 1. The van der Waals surface area contributed by atoms with Gasteiger partial charge >= 0.3 is 0 Å². The molecule has 0 radical (unpaired) electrons. The Morgan fingerprint density at radius 2 is 1.04 bits per heavy atom. The molecule has 0 spiro atoms. The Hall–Kier alpha value is -5.50. The van der Waals surface area contributed by atoms with E-state index in [4.69, 9.17) is 0 Å². The Kier molecular flexibility index (Phi) is 7.07. The zero-order chi connectivity index (χ0) is 35.1. The van der Waals surface area contributed by atoms with E-state index < -0.39 is 0 Å². The van der Waals surface area contributed by atoms with Crippen LogP contribution in [0.3, 0.4) is 0 Å². The molecular weight excluding hydrogens is 645 g/mol. The summed E-state index contributed by atoms with van der Waals surface area (Å²) in [5.41, 5.74) is 12.4. The molecule has 2 aliphatic carbocycles. The van der Waals surface area contributed by atoms with Gasteiger partial charge in [0.25, 0.3) is 0 Å². The molecule has 0 atom stereocenters. The van der Waals surface area contributed by atoms with Gasteiger partial charge in [-0.25, -0.2) is 0 Å². The van der Waals surface area contributed by atoms with Crippen LogP contribution in [-0.4, -0.2) is 0 Å². The van der Waals surface area contributed by atoms with Gasteiger partial charge in [-0.2, -0.15) is 0 Å². The lowest BCUT2D eigenvalue weighted by Gasteiger charge is -2.35. The van der Waals surface area contributed by atoms with Crippen LogP contribution >= 0.6 is 11.3 Å². The summed E-state index contributed by atoms with van der Waals surface area (Å²) >= 11 is 2.00. The smallest absolute Gasteiger partial charge is 0.0430 e. The first-order valence-electron chi connectivity index (χ1n) is 18.8. The van der Waals surface area contributed by atoms with E-state index in [1.807, 2.05) is 25.2 Å². The average Bonchev–Trinajstić information content (AvgIpc) is 3.59. The van der Waals surface area contributed by atoms with Crippen molar-refractivity contribution in [2.75, 3.05) is 0 Å². The summed E-state index contributed by atoms with van der Waals surface area (Å²) in [6.45, 7) is 8.77. The summed E-state index contributed by atoms with van der Waals surface area (Å²) in [4.78, 5) is 1.51. The van der Waals surface area contributed by atoms with Gasteiger partial charge in [0.1, 0.15) is 0 Å². The van der Waals surface area contributed by atoms with Crippen LogP contribution in [-0.2, 0) is 11.8 Å². The molecule has 0 bridgehead atoms. The average molecular weight is 685 g/mol. The fraction of sp³-hybridized carbons (Fsp3) is 0.137. The van der Waals surface area contributed by atoms with Gasteiger partial charge < -0.3 is 0 Å². The van der Waals surface area contributed by atoms with Gasteiger partial charge in [0, 0.05) is 25.9 Å². The van der Waals surface area contributed by atoms with Crippen molar-refractivity contribution in [3.05, 3.63) is 167 Å². The third-order valence-corrected chi connectivity index (χ3v) is 13.1. The fourth-order valence-corrected chi connectivity index (χ4v) is 10.7. The van der Waals surface area contributed by atoms with E-state index in [0.717, 1.165) is 12.8 Å². The van der Waals surface area contributed by atoms with E-state index in [1.54, 1.807) is 0 Å². The van der Waals surface area contributed by atoms with E-state index in [2.05, 4.69) is 159 Å². The Bertz CT molecular complexity index is 2910. The third-order valence-electron chi connectivity index (χ3n) is 11.8. The first-order chi connectivity index (χ1) is 25.6. The van der Waals surface area contributed by atoms with Crippen LogP contribution in [0.25, 0.3) is 87.1 Å². The minimum absolute atomic E-state index is 0.0564. The number of rotatable bonds is 2. The van der Waals surface area contributed by atoms with E-state index in [0.29, 0.717) is 0 Å². The molecule has 0 aliphatic heterocycles. The summed E-state index contributed by atoms with van der Waals surface area (Å²) in [6.07, 6.45) is 4.63. The van der Waals surface area contributed by atoms with Crippen molar-refractivity contribution in [2.45, 2.75) is 46.0 Å². The number of benzene rings is 8. The normalized spacial score (nSPS) is 14.3. The zero-order valence-corrected chi connectivity index (χ0v) is 31.0. The second kappa shape index (κ2) is 11.8. The minimum atomic E-state index is -0.0564. The van der Waals surface area contributed by atoms with Crippen molar-refractivity contribution in [3.8, 4) is 22.3 Å². The van der Waals surface area contributed by atoms with Crippen molar-refractivity contribution < 1.29 is 0 Å². The highest BCUT2D eigenvalue weighted by molar-refractivity contribution is 7.20. The molecule has 0 N–H and O–H groups in total. The molecule has 1 heterocycles. The Labute approximate surface area is 309 Å². The summed E-state index contributed by atoms with van der Waals surface area (Å²) in [6, 6.07) is 52.6. The minimum Gasteiger partial charge on any atom is -0.139 e. The highest BCUT2D eigenvalue weighted by Gasteiger charge is 2.33. The predicted molar refractivity (Wildman–Crippen MR) is 229 cm³/mol. The fourth-order valence-electron chi connectivity index (χ4n) is 9.37. The molecule has 0 saturated carbocycles. The molecule has 0 amide bonds. The lowest BCUT2D eigenvalue weighted by Crippen LogP contribution is -2.23. The highest BCUT2D eigenvalue weighted by Crippen LogP contribution is 2.52. The second-order valence-corrected chi connectivity index (χ2v) is 15.8. The van der Waals surface area contributed by atoms with Crippen molar-refractivity contribution in [1.29, 1.82) is 0 Å². The SMILES string of the molecule is CC.CC1(C)c2ccccc2-c2ccc(-c3cccc4c5c(sc34)CCC(c3ccc4c6ccccc6c6ccccc6c4c3)=C5)c3cccc1c23. The molecule has 0 fully saturated rings. The van der Waals surface area contributed by atoms with Crippen LogP contribution in [0.5, 0.6) is 0 Å². The van der Waals surface area contributed by atoms with Gasteiger partial charge in [-0.1, -0.05) is 161 Å². The molecule has 0 saturated heterocycles. The largest absolute Gasteiger partial charge is 0.139 e. The third kappa shape index (κ3) is 4.39. The van der Waals surface area contributed by atoms with Crippen LogP contribution in [0, 0.1) is 0 Å². The van der Waals surface area contributed by atoms with Crippen LogP contribution in [0.2, 0.25) is 0 Å². The van der Waals surface area contributed by atoms with Gasteiger partial charge in [0.15, 0.2) is 0 Å². The molecule has 0 unspecified atom stereocenters. The molecule has 1 heteroatoms. The lowest BCUT2D eigenvalue weighted by atomic mass is 9.68. The number of fused-ring (bicyclic) bond motifs is 11. The number of allylic oxidation sites excluding steroid dienone is 1. The standard InChI is InChI=1S/C49H34S.C2H6/c1-49(2)44-19-8-7-15-37(44)39-25-24-36(38-16-10-20-45(49)47(38)39)40-17-9-18-41-43-28-30(22-26-46(43)50-48(40)41)29-21-23-35-33-13-4-3-11-31(33)32-12-5-6-14-34(32)42(35)27-29;1-2/h3-21,23-25,27-28H,22,26H2,1-2H3;1-2H3. The van der Waals surface area contributed by atoms with E-state index >= 15 is 0 Å². The highest BCUT2D eigenvalue weighted by atomic mass is 32.1. The monoisotopic (exact) mass is 684 g/mol. The van der Waals surface area contributed by atoms with Crippen molar-refractivity contribution in [2.24, 2.45) is 0 Å². The molecule has 250 valence electrons. The van der Waals surface area contributed by atoms with Gasteiger partial charge in [-0.05, 0) is 113 Å². The van der Waals surface area contributed by atoms with Crippen LogP contribution in [0.15, 0.2) is 140 Å². The molecule has 9 aromatic rings. The molecule has 52 heavy (non-hydrogen) atoms. The van der Waals surface area contributed by atoms with E-state index in [9.17, 15) is 0 Å². The molecule has 2 aliphatic rings. The maximum absolute atomic E-state index is 2.50. The summed E-state index contributed by atoms with van der Waals surface area (Å²) in [5.74, 6) is 0. The zero-order valence-electron chi connectivity index (χ0n) is 30.2. The molecule has 0 nitrogen and oxygen atoms in total. The van der Waals surface area contributed by atoms with Crippen LogP contribution in [0.1, 0.15) is 61.2 Å². The van der Waals surface area contributed by atoms with Gasteiger partial charge in [0.05, 0.1) is 0 Å². The molecule has 1 aromatic heterocycles. The van der Waals surface area contributed by atoms with Crippen molar-refractivity contribution >= 4 is 76.2 Å². The predicted octanol–water partition coefficient (Wildman–Crippen LogP) is 15.0. The van der Waals surface area contributed by atoms with Gasteiger partial charge in [-0.3, -0.25) is 0 Å². The van der Waals surface area contributed by atoms with Crippen molar-refractivity contribution in [1.82, 2.24) is 0 Å². The maximum Gasteiger partial charge on any atom is 0.0430 e. The summed E-state index contributed by atoms with van der Waals surface area (Å²) < 4.78 is 1.40. The quantitative estimate of drug-likeness (QED) is 0.159. The van der Waals surface area contributed by atoms with Crippen molar-refractivity contribution in [3.63, 3.8) is 0 Å². The van der Waals surface area contributed by atoms with Gasteiger partial charge in [0.2, 0.25) is 0 Å². The molecule has 8 aromatic carbocycles. The first kappa shape index (κ1) is 31.3. The van der Waals surface area contributed by atoms with Crippen LogP contribution in [0.4, 0.5) is 0 Å². The molecular formula is C51H40S. The number of hydrogen-bond donors (Lipinski definition) is 0. The Morgan fingerprint density at radius 1 is 0.462 bits per heavy atom. The Morgan fingerprint density at radius 3 is 1.81 bits per heavy atom. The van der Waals surface area contributed by atoms with Crippen LogP contribution < -0.4 is 0 Å². The van der Waals surface area contributed by atoms with Gasteiger partial charge in [-0.15, -0.1) is 11.3 Å². The van der Waals surface area contributed by atoms with E-state index in [-0.39, 0.29) is 5.41 Å². The number of hydrogen-bond acceptors (Lipinski definition) is 1. The number of thiophene rings is 1. The lowest BCUT2D eigenvalue weighted by molar-refractivity contribution is 0.645. The first-order valence-corrected chi connectivity index (χ1v) is 19.6. The second-order valence-electron chi connectivity index (χ2n) is 14.7. The summed E-state index contributed by atoms with van der Waals surface area (Å²) in [5, 5.41) is 12.1. The summed E-state index contributed by atoms with van der Waals surface area (Å²) in [7, 11) is 0. The maximum atomic E-state index is 2.50. The Balaban J connectivity index is 0.00000166. The van der Waals surface area contributed by atoms with E-state index in [1.165, 1.54) is 108 Å². The molecule has 11 rings (SSSR count). The topological polar surface area (TPSA) is 0 Å².